The summed E-state index contributed by atoms with van der Waals surface area (Å²) in [6.07, 6.45) is 0.849. The van der Waals surface area contributed by atoms with Gasteiger partial charge in [0.25, 0.3) is 0 Å². The Morgan fingerprint density at radius 1 is 1.46 bits per heavy atom. The van der Waals surface area contributed by atoms with Gasteiger partial charge in [-0.25, -0.2) is 0 Å². The Morgan fingerprint density at radius 2 is 2.15 bits per heavy atom. The molecule has 0 aromatic heterocycles. The van der Waals surface area contributed by atoms with Crippen molar-refractivity contribution >= 4 is 5.97 Å². The quantitative estimate of drug-likeness (QED) is 0.653. The van der Waals surface area contributed by atoms with Crippen LogP contribution in [-0.2, 0) is 11.2 Å². The minimum absolute atomic E-state index is 0.0267. The van der Waals surface area contributed by atoms with E-state index in [1.54, 1.807) is 0 Å². The van der Waals surface area contributed by atoms with Crippen molar-refractivity contribution in [1.29, 1.82) is 0 Å². The predicted molar refractivity (Wildman–Crippen MR) is 49.5 cm³/mol. The van der Waals surface area contributed by atoms with E-state index in [1.165, 1.54) is 5.56 Å². The molecule has 0 fully saturated rings. The molecule has 69 valence electrons. The largest absolute Gasteiger partial charge is 0.480 e. The number of benzene rings is 1. The van der Waals surface area contributed by atoms with Crippen LogP contribution < -0.4 is 5.32 Å². The Morgan fingerprint density at radius 3 is 2.77 bits per heavy atom. The Hall–Kier alpha value is -1.35. The van der Waals surface area contributed by atoms with Crippen molar-refractivity contribution in [3.05, 3.63) is 35.9 Å². The van der Waals surface area contributed by atoms with Gasteiger partial charge in [-0.2, -0.15) is 0 Å². The van der Waals surface area contributed by atoms with E-state index in [9.17, 15) is 4.79 Å². The average molecular weight is 178 g/mol. The van der Waals surface area contributed by atoms with Crippen molar-refractivity contribution in [1.82, 2.24) is 5.32 Å². The fraction of sp³-hybridized carbons (Fsp3) is 0.300. The maximum absolute atomic E-state index is 10.1. The van der Waals surface area contributed by atoms with Crippen molar-refractivity contribution in [2.75, 3.05) is 13.1 Å². The zero-order valence-electron chi connectivity index (χ0n) is 7.29. The van der Waals surface area contributed by atoms with E-state index >= 15 is 0 Å². The normalized spacial score (nSPS) is 9.85. The van der Waals surface area contributed by atoms with Gasteiger partial charge in [0.2, 0.25) is 0 Å². The Bertz CT molecular complexity index is 259. The Balaban J connectivity index is 2.17. The number of carbonyl (C=O) groups is 1. The second kappa shape index (κ2) is 5.32. The highest BCUT2D eigenvalue weighted by Crippen LogP contribution is 1.97. The van der Waals surface area contributed by atoms with Crippen molar-refractivity contribution in [2.45, 2.75) is 6.42 Å². The monoisotopic (exact) mass is 178 g/mol. The third-order valence-corrected chi connectivity index (χ3v) is 1.65. The molecular weight excluding hydrogens is 166 g/mol. The molecule has 13 heavy (non-hydrogen) atoms. The molecule has 0 heterocycles. The molecule has 0 spiro atoms. The van der Waals surface area contributed by atoms with Crippen molar-refractivity contribution < 1.29 is 9.90 Å². The SMILES string of the molecule is O=C(O)CNCCc1cc[c]cc1. The lowest BCUT2D eigenvalue weighted by Crippen LogP contribution is -2.24. The molecule has 3 nitrogen and oxygen atoms in total. The lowest BCUT2D eigenvalue weighted by Gasteiger charge is -2.01. The lowest BCUT2D eigenvalue weighted by molar-refractivity contribution is -0.135. The van der Waals surface area contributed by atoms with Crippen LogP contribution in [0.2, 0.25) is 0 Å². The van der Waals surface area contributed by atoms with Crippen molar-refractivity contribution in [3.8, 4) is 0 Å². The lowest BCUT2D eigenvalue weighted by atomic mass is 10.1. The summed E-state index contributed by atoms with van der Waals surface area (Å²) in [4.78, 5) is 10.1. The van der Waals surface area contributed by atoms with Crippen LogP contribution in [-0.4, -0.2) is 24.2 Å². The summed E-state index contributed by atoms with van der Waals surface area (Å²) in [6, 6.07) is 10.6. The second-order valence-corrected chi connectivity index (χ2v) is 2.73. The third-order valence-electron chi connectivity index (χ3n) is 1.65. The number of carboxylic acid groups (broad SMARTS) is 1. The molecule has 0 aliphatic rings. The molecule has 2 N–H and O–H groups in total. The Labute approximate surface area is 77.4 Å². The van der Waals surface area contributed by atoms with E-state index < -0.39 is 5.97 Å². The first-order valence-corrected chi connectivity index (χ1v) is 4.16. The van der Waals surface area contributed by atoms with Gasteiger partial charge in [0, 0.05) is 0 Å². The van der Waals surface area contributed by atoms with Crippen LogP contribution in [0.1, 0.15) is 5.56 Å². The topological polar surface area (TPSA) is 49.3 Å². The molecular formula is C10H12NO2. The number of rotatable bonds is 5. The number of hydrogen-bond donors (Lipinski definition) is 2. The molecule has 3 heteroatoms. The molecule has 1 rings (SSSR count). The smallest absolute Gasteiger partial charge is 0.317 e. The third kappa shape index (κ3) is 4.28. The highest BCUT2D eigenvalue weighted by molar-refractivity contribution is 5.68. The summed E-state index contributed by atoms with van der Waals surface area (Å²) in [5.41, 5.74) is 1.19. The predicted octanol–water partition coefficient (Wildman–Crippen LogP) is 0.703. The second-order valence-electron chi connectivity index (χ2n) is 2.73. The van der Waals surface area contributed by atoms with Gasteiger partial charge in [-0.05, 0) is 24.6 Å². The highest BCUT2D eigenvalue weighted by atomic mass is 16.4. The first-order valence-electron chi connectivity index (χ1n) is 4.16. The van der Waals surface area contributed by atoms with Crippen molar-refractivity contribution in [2.24, 2.45) is 0 Å². The molecule has 0 aliphatic carbocycles. The highest BCUT2D eigenvalue weighted by Gasteiger charge is 1.95. The zero-order valence-corrected chi connectivity index (χ0v) is 7.29. The summed E-state index contributed by atoms with van der Waals surface area (Å²) < 4.78 is 0. The van der Waals surface area contributed by atoms with Crippen LogP contribution in [0.15, 0.2) is 24.3 Å². The fourth-order valence-corrected chi connectivity index (χ4v) is 1.02. The maximum Gasteiger partial charge on any atom is 0.317 e. The van der Waals surface area contributed by atoms with Crippen LogP contribution in [0, 0.1) is 6.07 Å². The minimum atomic E-state index is -0.818. The maximum atomic E-state index is 10.1. The molecule has 0 unspecified atom stereocenters. The molecule has 1 radical (unpaired) electrons. The standard InChI is InChI=1S/C10H12NO2/c12-10(13)8-11-7-6-9-4-2-1-3-5-9/h2-5,11H,6-8H2,(H,12,13). The van der Waals surface area contributed by atoms with Crippen LogP contribution in [0.5, 0.6) is 0 Å². The van der Waals surface area contributed by atoms with Gasteiger partial charge in [0.1, 0.15) is 0 Å². The Kier molecular flexibility index (Phi) is 3.99. The fourth-order valence-electron chi connectivity index (χ4n) is 1.02. The van der Waals surface area contributed by atoms with Crippen LogP contribution in [0.4, 0.5) is 0 Å². The molecule has 0 saturated heterocycles. The van der Waals surface area contributed by atoms with Gasteiger partial charge >= 0.3 is 5.97 Å². The zero-order chi connectivity index (χ0) is 9.52. The number of hydrogen-bond acceptors (Lipinski definition) is 2. The summed E-state index contributed by atoms with van der Waals surface area (Å²) in [7, 11) is 0. The number of aliphatic carboxylic acids is 1. The first kappa shape index (κ1) is 9.74. The summed E-state index contributed by atoms with van der Waals surface area (Å²) in [6.45, 7) is 0.718. The van der Waals surface area contributed by atoms with Gasteiger partial charge in [-0.3, -0.25) is 4.79 Å². The molecule has 1 aromatic carbocycles. The minimum Gasteiger partial charge on any atom is -0.480 e. The first-order chi connectivity index (χ1) is 6.29. The number of nitrogens with one attached hydrogen (secondary N) is 1. The van der Waals surface area contributed by atoms with Gasteiger partial charge in [0.05, 0.1) is 6.54 Å². The van der Waals surface area contributed by atoms with Crippen LogP contribution in [0.25, 0.3) is 0 Å². The van der Waals surface area contributed by atoms with Crippen molar-refractivity contribution in [3.63, 3.8) is 0 Å². The summed E-state index contributed by atoms with van der Waals surface area (Å²) >= 11 is 0. The van der Waals surface area contributed by atoms with E-state index in [0.717, 1.165) is 6.42 Å². The molecule has 0 amide bonds. The van der Waals surface area contributed by atoms with Gasteiger partial charge in [0.15, 0.2) is 0 Å². The summed E-state index contributed by atoms with van der Waals surface area (Å²) in [5.74, 6) is -0.818. The van der Waals surface area contributed by atoms with E-state index in [2.05, 4.69) is 11.4 Å². The van der Waals surface area contributed by atoms with Crippen LogP contribution >= 0.6 is 0 Å². The average Bonchev–Trinajstić information content (AvgIpc) is 2.14. The van der Waals surface area contributed by atoms with Gasteiger partial charge < -0.3 is 10.4 Å². The molecule has 0 saturated carbocycles. The molecule has 0 bridgehead atoms. The van der Waals surface area contributed by atoms with E-state index in [1.807, 2.05) is 24.3 Å². The summed E-state index contributed by atoms with van der Waals surface area (Å²) in [5, 5.41) is 11.2. The van der Waals surface area contributed by atoms with Gasteiger partial charge in [-0.15, -0.1) is 0 Å². The van der Waals surface area contributed by atoms with Crippen LogP contribution in [0.3, 0.4) is 0 Å². The molecule has 0 atom stereocenters. The van der Waals surface area contributed by atoms with E-state index in [0.29, 0.717) is 6.54 Å². The molecule has 0 aliphatic heterocycles. The molecule has 1 aromatic rings. The van der Waals surface area contributed by atoms with Gasteiger partial charge in [-0.1, -0.05) is 24.3 Å². The van der Waals surface area contributed by atoms with E-state index in [-0.39, 0.29) is 6.54 Å². The number of carboxylic acids is 1. The van der Waals surface area contributed by atoms with E-state index in [4.69, 9.17) is 5.11 Å².